The fraction of sp³-hybridized carbons (Fsp3) is 0.467. The van der Waals surface area contributed by atoms with Gasteiger partial charge in [-0.3, -0.25) is 0 Å². The topological polar surface area (TPSA) is 12.0 Å². The monoisotopic (exact) mass is 269 g/mol. The highest BCUT2D eigenvalue weighted by atomic mass is 35.5. The Labute approximate surface area is 114 Å². The van der Waals surface area contributed by atoms with Gasteiger partial charge in [-0.15, -0.1) is 0 Å². The Balaban J connectivity index is 2.43. The van der Waals surface area contributed by atoms with E-state index >= 15 is 0 Å². The Hall–Kier alpha value is -0.860. The van der Waals surface area contributed by atoms with E-state index in [0.717, 1.165) is 37.9 Å². The minimum absolute atomic E-state index is 0.283. The zero-order valence-corrected chi connectivity index (χ0v) is 11.9. The van der Waals surface area contributed by atoms with Gasteiger partial charge in [-0.25, -0.2) is 4.39 Å². The van der Waals surface area contributed by atoms with Crippen molar-refractivity contribution in [1.29, 1.82) is 0 Å². The maximum atomic E-state index is 12.9. The van der Waals surface area contributed by atoms with E-state index in [4.69, 9.17) is 11.6 Å². The first-order valence-electron chi connectivity index (χ1n) is 6.43. The van der Waals surface area contributed by atoms with Crippen molar-refractivity contribution in [1.82, 2.24) is 5.32 Å². The van der Waals surface area contributed by atoms with Gasteiger partial charge < -0.3 is 5.32 Å². The Morgan fingerprint density at radius 3 is 2.83 bits per heavy atom. The summed E-state index contributed by atoms with van der Waals surface area (Å²) in [6, 6.07) is 4.58. The number of nitrogens with one attached hydrogen (secondary N) is 1. The Morgan fingerprint density at radius 1 is 1.39 bits per heavy atom. The van der Waals surface area contributed by atoms with Crippen LogP contribution in [0.4, 0.5) is 4.39 Å². The summed E-state index contributed by atoms with van der Waals surface area (Å²) in [5.41, 5.74) is 2.25. The summed E-state index contributed by atoms with van der Waals surface area (Å²) in [5, 5.41) is 3.86. The van der Waals surface area contributed by atoms with E-state index in [0.29, 0.717) is 5.02 Å². The molecule has 0 heterocycles. The highest BCUT2D eigenvalue weighted by Crippen LogP contribution is 2.20. The van der Waals surface area contributed by atoms with Gasteiger partial charge in [0.25, 0.3) is 0 Å². The third kappa shape index (κ3) is 5.65. The molecule has 18 heavy (non-hydrogen) atoms. The van der Waals surface area contributed by atoms with Crippen molar-refractivity contribution >= 4 is 11.6 Å². The molecule has 0 aromatic heterocycles. The van der Waals surface area contributed by atoms with Crippen LogP contribution in [0.2, 0.25) is 5.02 Å². The molecule has 0 radical (unpaired) electrons. The van der Waals surface area contributed by atoms with Gasteiger partial charge in [0.1, 0.15) is 5.82 Å². The minimum Gasteiger partial charge on any atom is -0.316 e. The lowest BCUT2D eigenvalue weighted by Crippen LogP contribution is -2.15. The van der Waals surface area contributed by atoms with E-state index in [9.17, 15) is 4.39 Å². The van der Waals surface area contributed by atoms with Crippen molar-refractivity contribution in [2.75, 3.05) is 13.1 Å². The molecule has 0 saturated heterocycles. The van der Waals surface area contributed by atoms with Crippen LogP contribution in [0.15, 0.2) is 29.8 Å². The van der Waals surface area contributed by atoms with E-state index in [1.165, 1.54) is 17.7 Å². The molecule has 0 spiro atoms. The lowest BCUT2D eigenvalue weighted by molar-refractivity contribution is 0.627. The van der Waals surface area contributed by atoms with Crippen LogP contribution < -0.4 is 5.32 Å². The number of allylic oxidation sites excluding steroid dienone is 1. The van der Waals surface area contributed by atoms with Gasteiger partial charge in [0, 0.05) is 5.02 Å². The van der Waals surface area contributed by atoms with Gasteiger partial charge >= 0.3 is 0 Å². The predicted octanol–water partition coefficient (Wildman–Crippen LogP) is 4.36. The number of rotatable bonds is 7. The van der Waals surface area contributed by atoms with Gasteiger partial charge in [0.2, 0.25) is 0 Å². The fourth-order valence-corrected chi connectivity index (χ4v) is 1.99. The van der Waals surface area contributed by atoms with Gasteiger partial charge in [-0.2, -0.15) is 0 Å². The van der Waals surface area contributed by atoms with Gasteiger partial charge in [0.05, 0.1) is 0 Å². The van der Waals surface area contributed by atoms with Crippen LogP contribution in [-0.2, 0) is 6.42 Å². The van der Waals surface area contributed by atoms with E-state index in [1.54, 1.807) is 6.07 Å². The molecule has 0 aliphatic rings. The van der Waals surface area contributed by atoms with E-state index in [2.05, 4.69) is 25.2 Å². The van der Waals surface area contributed by atoms with Crippen LogP contribution in [0.3, 0.4) is 0 Å². The number of hydrogen-bond acceptors (Lipinski definition) is 1. The van der Waals surface area contributed by atoms with Crippen molar-refractivity contribution in [3.63, 3.8) is 0 Å². The SMILES string of the molecule is CCCNCCC=C(C)Cc1ccc(F)cc1Cl. The third-order valence-corrected chi connectivity index (χ3v) is 3.08. The van der Waals surface area contributed by atoms with Gasteiger partial charge in [-0.1, -0.05) is 36.2 Å². The normalized spacial score (nSPS) is 11.9. The Morgan fingerprint density at radius 2 is 2.17 bits per heavy atom. The summed E-state index contributed by atoms with van der Waals surface area (Å²) >= 11 is 6.00. The smallest absolute Gasteiger partial charge is 0.124 e. The first kappa shape index (κ1) is 15.2. The first-order valence-corrected chi connectivity index (χ1v) is 6.81. The van der Waals surface area contributed by atoms with Crippen molar-refractivity contribution in [2.45, 2.75) is 33.1 Å². The van der Waals surface area contributed by atoms with Crippen LogP contribution in [0.1, 0.15) is 32.3 Å². The number of halogens is 2. The highest BCUT2D eigenvalue weighted by Gasteiger charge is 2.02. The average Bonchev–Trinajstić information content (AvgIpc) is 2.32. The maximum absolute atomic E-state index is 12.9. The summed E-state index contributed by atoms with van der Waals surface area (Å²) in [6.07, 6.45) is 5.17. The molecular formula is C15H21ClFN. The van der Waals surface area contributed by atoms with E-state index < -0.39 is 0 Å². The molecule has 1 nitrogen and oxygen atoms in total. The molecule has 1 aromatic rings. The summed E-state index contributed by atoms with van der Waals surface area (Å²) in [5.74, 6) is -0.283. The van der Waals surface area contributed by atoms with Crippen molar-refractivity contribution in [3.05, 3.63) is 46.3 Å². The molecule has 0 atom stereocenters. The summed E-state index contributed by atoms with van der Waals surface area (Å²) < 4.78 is 12.9. The van der Waals surface area contributed by atoms with Gasteiger partial charge in [-0.05, 0) is 57.0 Å². The largest absolute Gasteiger partial charge is 0.316 e. The quantitative estimate of drug-likeness (QED) is 0.573. The van der Waals surface area contributed by atoms with Crippen molar-refractivity contribution in [3.8, 4) is 0 Å². The molecule has 3 heteroatoms. The molecule has 0 saturated carbocycles. The van der Waals surface area contributed by atoms with Crippen LogP contribution >= 0.6 is 11.6 Å². The van der Waals surface area contributed by atoms with Gasteiger partial charge in [0.15, 0.2) is 0 Å². The van der Waals surface area contributed by atoms with E-state index in [-0.39, 0.29) is 5.82 Å². The van der Waals surface area contributed by atoms with Crippen molar-refractivity contribution in [2.24, 2.45) is 0 Å². The lowest BCUT2D eigenvalue weighted by Gasteiger charge is -2.05. The molecule has 0 unspecified atom stereocenters. The zero-order valence-electron chi connectivity index (χ0n) is 11.1. The summed E-state index contributed by atoms with van der Waals surface area (Å²) in [4.78, 5) is 0. The first-order chi connectivity index (χ1) is 8.63. The maximum Gasteiger partial charge on any atom is 0.124 e. The molecule has 1 aromatic carbocycles. The van der Waals surface area contributed by atoms with E-state index in [1.807, 2.05) is 0 Å². The number of hydrogen-bond donors (Lipinski definition) is 1. The third-order valence-electron chi connectivity index (χ3n) is 2.73. The molecule has 100 valence electrons. The lowest BCUT2D eigenvalue weighted by atomic mass is 10.1. The highest BCUT2D eigenvalue weighted by molar-refractivity contribution is 6.31. The standard InChI is InChI=1S/C15H21ClFN/c1-3-8-18-9-4-5-12(2)10-13-6-7-14(17)11-15(13)16/h5-7,11,18H,3-4,8-10H2,1-2H3. The molecule has 0 aliphatic heterocycles. The van der Waals surface area contributed by atoms with Crippen molar-refractivity contribution < 1.29 is 4.39 Å². The summed E-state index contributed by atoms with van der Waals surface area (Å²) in [7, 11) is 0. The molecule has 1 rings (SSSR count). The molecule has 0 aliphatic carbocycles. The molecular weight excluding hydrogens is 249 g/mol. The minimum atomic E-state index is -0.283. The van der Waals surface area contributed by atoms with Crippen LogP contribution in [0, 0.1) is 5.82 Å². The predicted molar refractivity (Wildman–Crippen MR) is 76.6 cm³/mol. The molecule has 0 amide bonds. The summed E-state index contributed by atoms with van der Waals surface area (Å²) in [6.45, 7) is 6.31. The number of benzene rings is 1. The van der Waals surface area contributed by atoms with Crippen LogP contribution in [-0.4, -0.2) is 13.1 Å². The Kier molecular flexibility index (Phi) is 6.99. The zero-order chi connectivity index (χ0) is 13.4. The fourth-order valence-electron chi connectivity index (χ4n) is 1.76. The van der Waals surface area contributed by atoms with Crippen LogP contribution in [0.25, 0.3) is 0 Å². The van der Waals surface area contributed by atoms with Crippen LogP contribution in [0.5, 0.6) is 0 Å². The molecule has 0 fully saturated rings. The Bertz CT molecular complexity index is 401. The second-order valence-electron chi connectivity index (χ2n) is 4.50. The second-order valence-corrected chi connectivity index (χ2v) is 4.91. The average molecular weight is 270 g/mol. The molecule has 1 N–H and O–H groups in total. The molecule has 0 bridgehead atoms. The second kappa shape index (κ2) is 8.28.